The lowest BCUT2D eigenvalue weighted by molar-refractivity contribution is -0.127. The molecule has 3 heterocycles. The van der Waals surface area contributed by atoms with Crippen molar-refractivity contribution in [1.82, 2.24) is 14.9 Å². The topological polar surface area (TPSA) is 49.0 Å². The largest absolute Gasteiger partial charge is 0.346 e. The minimum atomic E-state index is 0.280. The van der Waals surface area contributed by atoms with E-state index in [1.165, 1.54) is 5.56 Å². The number of hydrogen-bond donors (Lipinski definition) is 1. The molecule has 5 heteroatoms. The third-order valence-electron chi connectivity index (χ3n) is 3.70. The van der Waals surface area contributed by atoms with Gasteiger partial charge in [-0.25, -0.2) is 4.98 Å². The molecule has 1 unspecified atom stereocenters. The molecule has 0 spiro atoms. The van der Waals surface area contributed by atoms with Crippen LogP contribution < -0.4 is 0 Å². The summed E-state index contributed by atoms with van der Waals surface area (Å²) in [6.45, 7) is 1.68. The summed E-state index contributed by atoms with van der Waals surface area (Å²) < 4.78 is 0. The molecule has 19 heavy (non-hydrogen) atoms. The monoisotopic (exact) mass is 321 g/mol. The number of carbonyl (C=O) groups excluding carboxylic acids is 1. The van der Waals surface area contributed by atoms with Crippen molar-refractivity contribution in [2.45, 2.75) is 12.8 Å². The fraction of sp³-hybridized carbons (Fsp3) is 0.429. The molecule has 3 rings (SSSR count). The molecule has 0 saturated carbocycles. The molecule has 4 nitrogen and oxygen atoms in total. The van der Waals surface area contributed by atoms with Gasteiger partial charge in [0.2, 0.25) is 5.91 Å². The maximum Gasteiger partial charge on any atom is 0.222 e. The van der Waals surface area contributed by atoms with Crippen LogP contribution in [0.5, 0.6) is 0 Å². The van der Waals surface area contributed by atoms with Crippen LogP contribution in [0.3, 0.4) is 0 Å². The van der Waals surface area contributed by atoms with Gasteiger partial charge >= 0.3 is 0 Å². The molecule has 1 N–H and O–H groups in total. The van der Waals surface area contributed by atoms with E-state index in [4.69, 9.17) is 0 Å². The quantitative estimate of drug-likeness (QED) is 0.879. The van der Waals surface area contributed by atoms with Crippen molar-refractivity contribution in [3.63, 3.8) is 0 Å². The molecule has 0 radical (unpaired) electrons. The van der Waals surface area contributed by atoms with Gasteiger partial charge in [-0.05, 0) is 30.0 Å². The highest BCUT2D eigenvalue weighted by Crippen LogP contribution is 2.21. The van der Waals surface area contributed by atoms with Crippen LogP contribution in [0.2, 0.25) is 0 Å². The zero-order valence-corrected chi connectivity index (χ0v) is 12.2. The van der Waals surface area contributed by atoms with Gasteiger partial charge in [-0.15, -0.1) is 0 Å². The third kappa shape index (κ3) is 2.52. The highest BCUT2D eigenvalue weighted by atomic mass is 79.9. The maximum atomic E-state index is 11.9. The van der Waals surface area contributed by atoms with Crippen LogP contribution in [0.4, 0.5) is 0 Å². The van der Waals surface area contributed by atoms with Crippen molar-refractivity contribution in [3.8, 4) is 0 Å². The molecule has 100 valence electrons. The summed E-state index contributed by atoms with van der Waals surface area (Å²) >= 11 is 3.46. The number of carbonyl (C=O) groups is 1. The smallest absolute Gasteiger partial charge is 0.222 e. The standard InChI is InChI=1S/C14H16BrN3O/c15-7-10-6-13(19)18(9-10)5-3-11-8-17-14-12(11)2-1-4-16-14/h1-2,4,8,10H,3,5-7,9H2,(H,16,17). The number of fused-ring (bicyclic) bond motifs is 1. The molecule has 0 aliphatic carbocycles. The van der Waals surface area contributed by atoms with E-state index in [0.717, 1.165) is 35.9 Å². The van der Waals surface area contributed by atoms with Gasteiger partial charge in [0.15, 0.2) is 0 Å². The molecule has 1 aliphatic heterocycles. The van der Waals surface area contributed by atoms with Gasteiger partial charge in [-0.2, -0.15) is 0 Å². The number of nitrogens with one attached hydrogen (secondary N) is 1. The van der Waals surface area contributed by atoms with Gasteiger partial charge in [0.25, 0.3) is 0 Å². The van der Waals surface area contributed by atoms with Crippen LogP contribution in [0, 0.1) is 5.92 Å². The van der Waals surface area contributed by atoms with Crippen LogP contribution in [0.1, 0.15) is 12.0 Å². The van der Waals surface area contributed by atoms with Gasteiger partial charge in [0.05, 0.1) is 0 Å². The number of likely N-dealkylation sites (tertiary alicyclic amines) is 1. The lowest BCUT2D eigenvalue weighted by Crippen LogP contribution is -2.27. The predicted octanol–water partition coefficient (Wildman–Crippen LogP) is 2.35. The summed E-state index contributed by atoms with van der Waals surface area (Å²) in [5, 5.41) is 2.07. The molecule has 1 aliphatic rings. The Morgan fingerprint density at radius 3 is 3.21 bits per heavy atom. The number of H-pyrrole nitrogens is 1. The lowest BCUT2D eigenvalue weighted by Gasteiger charge is -2.15. The molecular weight excluding hydrogens is 306 g/mol. The van der Waals surface area contributed by atoms with Crippen molar-refractivity contribution in [2.75, 3.05) is 18.4 Å². The van der Waals surface area contributed by atoms with Gasteiger partial charge in [-0.1, -0.05) is 15.9 Å². The van der Waals surface area contributed by atoms with E-state index in [2.05, 4.69) is 32.0 Å². The fourth-order valence-corrected chi connectivity index (χ4v) is 3.08. The van der Waals surface area contributed by atoms with Gasteiger partial charge < -0.3 is 9.88 Å². The summed E-state index contributed by atoms with van der Waals surface area (Å²) in [6.07, 6.45) is 5.35. The zero-order chi connectivity index (χ0) is 13.2. The number of rotatable bonds is 4. The zero-order valence-electron chi connectivity index (χ0n) is 10.6. The number of alkyl halides is 1. The molecule has 1 atom stereocenters. The van der Waals surface area contributed by atoms with Crippen LogP contribution in [0.25, 0.3) is 11.0 Å². The highest BCUT2D eigenvalue weighted by Gasteiger charge is 2.28. The van der Waals surface area contributed by atoms with E-state index in [0.29, 0.717) is 12.3 Å². The minimum absolute atomic E-state index is 0.280. The third-order valence-corrected chi connectivity index (χ3v) is 4.62. The molecule has 1 fully saturated rings. The van der Waals surface area contributed by atoms with E-state index in [1.807, 2.05) is 17.2 Å². The number of nitrogens with zero attached hydrogens (tertiary/aromatic N) is 2. The molecule has 2 aromatic heterocycles. The van der Waals surface area contributed by atoms with E-state index in [9.17, 15) is 4.79 Å². The first-order chi connectivity index (χ1) is 9.28. The molecule has 1 amide bonds. The number of hydrogen-bond acceptors (Lipinski definition) is 2. The lowest BCUT2D eigenvalue weighted by atomic mass is 10.1. The van der Waals surface area contributed by atoms with Crippen molar-refractivity contribution >= 4 is 32.9 Å². The van der Waals surface area contributed by atoms with Crippen LogP contribution in [0.15, 0.2) is 24.5 Å². The maximum absolute atomic E-state index is 11.9. The van der Waals surface area contributed by atoms with E-state index >= 15 is 0 Å². The average molecular weight is 322 g/mol. The first-order valence-electron chi connectivity index (χ1n) is 6.52. The second-order valence-electron chi connectivity index (χ2n) is 5.03. The second-order valence-corrected chi connectivity index (χ2v) is 5.68. The minimum Gasteiger partial charge on any atom is -0.346 e. The van der Waals surface area contributed by atoms with Crippen molar-refractivity contribution in [3.05, 3.63) is 30.1 Å². The van der Waals surface area contributed by atoms with Crippen LogP contribution in [-0.4, -0.2) is 39.2 Å². The number of aromatic amines is 1. The first-order valence-corrected chi connectivity index (χ1v) is 7.65. The SMILES string of the molecule is O=C1CC(CBr)CN1CCc1c[nH]c2ncccc12. The van der Waals surface area contributed by atoms with Crippen molar-refractivity contribution < 1.29 is 4.79 Å². The number of halogens is 1. The summed E-state index contributed by atoms with van der Waals surface area (Å²) in [4.78, 5) is 21.3. The van der Waals surface area contributed by atoms with Gasteiger partial charge in [0, 0.05) is 42.6 Å². The Morgan fingerprint density at radius 1 is 1.53 bits per heavy atom. The van der Waals surface area contributed by atoms with Gasteiger partial charge in [-0.3, -0.25) is 4.79 Å². The summed E-state index contributed by atoms with van der Waals surface area (Å²) in [5.41, 5.74) is 2.15. The Balaban J connectivity index is 1.68. The Hall–Kier alpha value is -1.36. The number of aromatic nitrogens is 2. The second kappa shape index (κ2) is 5.33. The Kier molecular flexibility index (Phi) is 3.55. The summed E-state index contributed by atoms with van der Waals surface area (Å²) in [5.74, 6) is 0.750. The molecule has 0 bridgehead atoms. The van der Waals surface area contributed by atoms with Crippen molar-refractivity contribution in [1.29, 1.82) is 0 Å². The van der Waals surface area contributed by atoms with Crippen LogP contribution >= 0.6 is 15.9 Å². The molecule has 2 aromatic rings. The van der Waals surface area contributed by atoms with Crippen LogP contribution in [-0.2, 0) is 11.2 Å². The van der Waals surface area contributed by atoms with E-state index in [1.54, 1.807) is 6.20 Å². The Morgan fingerprint density at radius 2 is 2.42 bits per heavy atom. The summed E-state index contributed by atoms with van der Waals surface area (Å²) in [6, 6.07) is 4.02. The average Bonchev–Trinajstić information content (AvgIpc) is 3.00. The Labute approximate surface area is 120 Å². The molecule has 1 saturated heterocycles. The number of amides is 1. The van der Waals surface area contributed by atoms with Gasteiger partial charge in [0.1, 0.15) is 5.65 Å². The van der Waals surface area contributed by atoms with E-state index in [-0.39, 0.29) is 5.91 Å². The summed E-state index contributed by atoms with van der Waals surface area (Å²) in [7, 11) is 0. The first kappa shape index (κ1) is 12.7. The highest BCUT2D eigenvalue weighted by molar-refractivity contribution is 9.09. The predicted molar refractivity (Wildman–Crippen MR) is 78.3 cm³/mol. The Bertz CT molecular complexity index is 595. The fourth-order valence-electron chi connectivity index (χ4n) is 2.65. The molecular formula is C14H16BrN3O. The number of pyridine rings is 1. The van der Waals surface area contributed by atoms with Crippen molar-refractivity contribution in [2.24, 2.45) is 5.92 Å². The normalized spacial score (nSPS) is 19.5. The van der Waals surface area contributed by atoms with E-state index < -0.39 is 0 Å². The molecule has 0 aromatic carbocycles.